The number of amides is 2. The van der Waals surface area contributed by atoms with Crippen LogP contribution in [0.25, 0.3) is 0 Å². The smallest absolute Gasteiger partial charge is 0.241 e. The summed E-state index contributed by atoms with van der Waals surface area (Å²) in [4.78, 5) is 56.2. The Labute approximate surface area is 205 Å². The molecule has 35 heavy (non-hydrogen) atoms. The minimum absolute atomic E-state index is 0.188. The Morgan fingerprint density at radius 1 is 0.857 bits per heavy atom. The second-order valence-corrected chi connectivity index (χ2v) is 9.18. The molecule has 2 heterocycles. The lowest BCUT2D eigenvalue weighted by Crippen LogP contribution is -2.51. The van der Waals surface area contributed by atoms with Crippen LogP contribution in [0.2, 0.25) is 5.02 Å². The lowest BCUT2D eigenvalue weighted by molar-refractivity contribution is -0.127. The number of imide groups is 1. The summed E-state index contributed by atoms with van der Waals surface area (Å²) in [6, 6.07) is 19.5. The zero-order chi connectivity index (χ0) is 24.5. The molecule has 0 saturated carbocycles. The van der Waals surface area contributed by atoms with Gasteiger partial charge in [0.05, 0.1) is 30.7 Å². The Balaban J connectivity index is 1.54. The Bertz CT molecular complexity index is 1400. The summed E-state index contributed by atoms with van der Waals surface area (Å²) in [6.45, 7) is 0. The van der Waals surface area contributed by atoms with Crippen LogP contribution < -0.4 is 9.64 Å². The molecule has 0 radical (unpaired) electrons. The van der Waals surface area contributed by atoms with Crippen molar-refractivity contribution in [3.63, 3.8) is 0 Å². The van der Waals surface area contributed by atoms with E-state index in [2.05, 4.69) is 0 Å². The normalized spacial score (nSPS) is 24.3. The lowest BCUT2D eigenvalue weighted by atomic mass is 9.77. The van der Waals surface area contributed by atoms with Crippen LogP contribution in [0.5, 0.6) is 5.75 Å². The van der Waals surface area contributed by atoms with Crippen molar-refractivity contribution >= 4 is 40.7 Å². The van der Waals surface area contributed by atoms with Crippen LogP contribution in [0.3, 0.4) is 0 Å². The first-order valence-electron chi connectivity index (χ1n) is 11.0. The van der Waals surface area contributed by atoms with Crippen molar-refractivity contribution in [2.45, 2.75) is 11.7 Å². The van der Waals surface area contributed by atoms with Crippen LogP contribution in [0, 0.1) is 11.8 Å². The number of hydrogen-bond donors (Lipinski definition) is 0. The Hall–Kier alpha value is -3.81. The maximum atomic E-state index is 13.9. The third-order valence-electron chi connectivity index (χ3n) is 7.03. The number of methoxy groups -OCH3 is 1. The molecule has 8 heteroatoms. The fourth-order valence-electron chi connectivity index (χ4n) is 5.47. The fraction of sp³-hybridized carbons (Fsp3) is 0.185. The molecule has 7 nitrogen and oxygen atoms in total. The van der Waals surface area contributed by atoms with E-state index in [1.54, 1.807) is 72.8 Å². The van der Waals surface area contributed by atoms with E-state index >= 15 is 0 Å². The van der Waals surface area contributed by atoms with Crippen molar-refractivity contribution in [3.05, 3.63) is 94.5 Å². The predicted octanol–water partition coefficient (Wildman–Crippen LogP) is 4.04. The number of halogens is 1. The van der Waals surface area contributed by atoms with Gasteiger partial charge in [-0.3, -0.25) is 19.2 Å². The minimum atomic E-state index is -2.11. The molecule has 3 aromatic carbocycles. The fourth-order valence-corrected chi connectivity index (χ4v) is 5.60. The molecule has 174 valence electrons. The third kappa shape index (κ3) is 2.82. The molecule has 1 spiro atoms. The van der Waals surface area contributed by atoms with Crippen LogP contribution in [0.1, 0.15) is 32.4 Å². The summed E-state index contributed by atoms with van der Waals surface area (Å²) in [5.41, 5.74) is -0.888. The molecule has 2 fully saturated rings. The Morgan fingerprint density at radius 2 is 1.51 bits per heavy atom. The molecular formula is C27H18ClNO6. The molecule has 6 rings (SSSR count). The standard InChI is InChI=1S/C27H18ClNO6/c1-34-17-6-4-5-16(13-17)29-25(32)20-21(26(29)33)27(35-22(20)14-9-11-15(28)12-10-14)23(30)18-7-2-3-8-19(18)24(27)31/h2-13,20-22H,1H3/t20-,21+,22-/m1/s1. The van der Waals surface area contributed by atoms with Crippen LogP contribution in [0.4, 0.5) is 5.69 Å². The summed E-state index contributed by atoms with van der Waals surface area (Å²) in [7, 11) is 1.48. The van der Waals surface area contributed by atoms with Gasteiger partial charge in [-0.25, -0.2) is 4.90 Å². The molecule has 0 N–H and O–H groups in total. The maximum absolute atomic E-state index is 13.9. The van der Waals surface area contributed by atoms with Crippen molar-refractivity contribution in [1.29, 1.82) is 0 Å². The van der Waals surface area contributed by atoms with Gasteiger partial charge in [0.1, 0.15) is 5.75 Å². The van der Waals surface area contributed by atoms with Crippen LogP contribution in [-0.4, -0.2) is 36.1 Å². The number of hydrogen-bond acceptors (Lipinski definition) is 6. The number of carbonyl (C=O) groups excluding carboxylic acids is 4. The number of rotatable bonds is 3. The second kappa shape index (κ2) is 7.60. The van der Waals surface area contributed by atoms with E-state index in [-0.39, 0.29) is 11.1 Å². The van der Waals surface area contributed by atoms with Crippen LogP contribution in [-0.2, 0) is 14.3 Å². The summed E-state index contributed by atoms with van der Waals surface area (Å²) in [5.74, 6) is -4.32. The first-order valence-corrected chi connectivity index (χ1v) is 11.4. The molecule has 0 bridgehead atoms. The van der Waals surface area contributed by atoms with Crippen molar-refractivity contribution in [2.24, 2.45) is 11.8 Å². The SMILES string of the molecule is COc1cccc(N2C(=O)[C@H]3[C@@H](c4ccc(Cl)cc4)OC4(C(=O)c5ccccc5C4=O)[C@@H]3C2=O)c1. The van der Waals surface area contributed by atoms with Crippen molar-refractivity contribution in [1.82, 2.24) is 0 Å². The Morgan fingerprint density at radius 3 is 2.14 bits per heavy atom. The summed E-state index contributed by atoms with van der Waals surface area (Å²) in [6.07, 6.45) is -0.994. The van der Waals surface area contributed by atoms with Gasteiger partial charge in [-0.05, 0) is 29.8 Å². The van der Waals surface area contributed by atoms with Gasteiger partial charge >= 0.3 is 0 Å². The van der Waals surface area contributed by atoms with E-state index in [1.165, 1.54) is 7.11 Å². The highest BCUT2D eigenvalue weighted by Gasteiger charge is 2.74. The number of Topliss-reactive ketones (excluding diaryl/α,β-unsaturated/α-hetero) is 2. The zero-order valence-corrected chi connectivity index (χ0v) is 19.2. The molecule has 3 aromatic rings. The van der Waals surface area contributed by atoms with Crippen molar-refractivity contribution < 1.29 is 28.7 Å². The topological polar surface area (TPSA) is 90.0 Å². The van der Waals surface area contributed by atoms with Gasteiger partial charge in [0, 0.05) is 22.2 Å². The maximum Gasteiger partial charge on any atom is 0.241 e. The highest BCUT2D eigenvalue weighted by atomic mass is 35.5. The number of fused-ring (bicyclic) bond motifs is 3. The van der Waals surface area contributed by atoms with Crippen molar-refractivity contribution in [2.75, 3.05) is 12.0 Å². The van der Waals surface area contributed by atoms with E-state index in [9.17, 15) is 19.2 Å². The molecule has 2 amide bonds. The average Bonchev–Trinajstić information content (AvgIpc) is 3.44. The molecule has 1 aliphatic carbocycles. The van der Waals surface area contributed by atoms with Gasteiger partial charge in [0.25, 0.3) is 0 Å². The number of benzene rings is 3. The van der Waals surface area contributed by atoms with Gasteiger partial charge in [-0.2, -0.15) is 0 Å². The van der Waals surface area contributed by atoms with E-state index < -0.39 is 46.9 Å². The number of ether oxygens (including phenoxy) is 2. The van der Waals surface area contributed by atoms with Gasteiger partial charge in [0.2, 0.25) is 29.0 Å². The minimum Gasteiger partial charge on any atom is -0.497 e. The second-order valence-electron chi connectivity index (χ2n) is 8.75. The van der Waals surface area contributed by atoms with E-state index in [1.807, 2.05) is 0 Å². The number of ketones is 2. The van der Waals surface area contributed by atoms with Gasteiger partial charge in [-0.1, -0.05) is 54.1 Å². The summed E-state index contributed by atoms with van der Waals surface area (Å²) >= 11 is 6.05. The largest absolute Gasteiger partial charge is 0.497 e. The van der Waals surface area contributed by atoms with E-state index in [4.69, 9.17) is 21.1 Å². The van der Waals surface area contributed by atoms with E-state index in [0.29, 0.717) is 22.0 Å². The first kappa shape index (κ1) is 21.7. The summed E-state index contributed by atoms with van der Waals surface area (Å²) in [5, 5.41) is 0.477. The number of nitrogens with zero attached hydrogens (tertiary/aromatic N) is 1. The van der Waals surface area contributed by atoms with Gasteiger partial charge < -0.3 is 9.47 Å². The quantitative estimate of drug-likeness (QED) is 0.409. The zero-order valence-electron chi connectivity index (χ0n) is 18.4. The van der Waals surface area contributed by atoms with Crippen molar-refractivity contribution in [3.8, 4) is 5.75 Å². The van der Waals surface area contributed by atoms with Crippen LogP contribution in [0.15, 0.2) is 72.8 Å². The number of carbonyl (C=O) groups is 4. The first-order chi connectivity index (χ1) is 16.9. The number of anilines is 1. The van der Waals surface area contributed by atoms with E-state index in [0.717, 1.165) is 4.90 Å². The lowest BCUT2D eigenvalue weighted by Gasteiger charge is -2.27. The molecule has 2 saturated heterocycles. The monoisotopic (exact) mass is 487 g/mol. The molecule has 0 aromatic heterocycles. The average molecular weight is 488 g/mol. The molecule has 0 unspecified atom stereocenters. The molecule has 3 aliphatic rings. The Kier molecular flexibility index (Phi) is 4.71. The highest BCUT2D eigenvalue weighted by Crippen LogP contribution is 2.57. The van der Waals surface area contributed by atoms with Gasteiger partial charge in [-0.15, -0.1) is 0 Å². The summed E-state index contributed by atoms with van der Waals surface area (Å²) < 4.78 is 11.5. The molecule has 3 atom stereocenters. The molecular weight excluding hydrogens is 470 g/mol. The predicted molar refractivity (Wildman–Crippen MR) is 126 cm³/mol. The molecule has 2 aliphatic heterocycles. The van der Waals surface area contributed by atoms with Crippen LogP contribution >= 0.6 is 11.6 Å². The van der Waals surface area contributed by atoms with Gasteiger partial charge in [0.15, 0.2) is 0 Å². The third-order valence-corrected chi connectivity index (χ3v) is 7.28. The highest BCUT2D eigenvalue weighted by molar-refractivity contribution is 6.37.